The molecule has 144 valence electrons. The van der Waals surface area contributed by atoms with E-state index in [-0.39, 0.29) is 16.2 Å². The fourth-order valence-corrected chi connectivity index (χ4v) is 2.81. The first-order chi connectivity index (χ1) is 12.8. The third-order valence-corrected chi connectivity index (χ3v) is 4.54. The molecule has 0 bridgehead atoms. The van der Waals surface area contributed by atoms with Crippen molar-refractivity contribution in [1.29, 1.82) is 0 Å². The van der Waals surface area contributed by atoms with Crippen molar-refractivity contribution in [3.8, 4) is 5.75 Å². The van der Waals surface area contributed by atoms with Crippen molar-refractivity contribution in [3.63, 3.8) is 0 Å². The Morgan fingerprint density at radius 2 is 1.81 bits per heavy atom. The number of primary sulfonamides is 1. The minimum Gasteiger partial charge on any atom is -0.496 e. The average molecular weight is 392 g/mol. The molecule has 0 spiro atoms. The summed E-state index contributed by atoms with van der Waals surface area (Å²) in [7, 11) is -2.68. The van der Waals surface area contributed by atoms with E-state index in [1.165, 1.54) is 19.2 Å². The Balaban J connectivity index is 1.92. The highest BCUT2D eigenvalue weighted by Crippen LogP contribution is 2.22. The van der Waals surface area contributed by atoms with Crippen LogP contribution in [0.4, 0.5) is 0 Å². The van der Waals surface area contributed by atoms with Crippen molar-refractivity contribution in [2.75, 3.05) is 20.3 Å². The maximum Gasteiger partial charge on any atom is 0.342 e. The van der Waals surface area contributed by atoms with Crippen LogP contribution in [0.25, 0.3) is 0 Å². The van der Waals surface area contributed by atoms with Crippen molar-refractivity contribution in [1.82, 2.24) is 5.32 Å². The first-order valence-corrected chi connectivity index (χ1v) is 9.54. The lowest BCUT2D eigenvalue weighted by atomic mass is 10.1. The van der Waals surface area contributed by atoms with Crippen LogP contribution >= 0.6 is 0 Å². The third-order valence-electron chi connectivity index (χ3n) is 3.63. The number of carbonyl (C=O) groups excluding carboxylic acids is 2. The van der Waals surface area contributed by atoms with E-state index < -0.39 is 28.5 Å². The van der Waals surface area contributed by atoms with E-state index in [1.54, 1.807) is 0 Å². The van der Waals surface area contributed by atoms with E-state index in [1.807, 2.05) is 30.3 Å². The molecular formula is C18H20N2O6S. The van der Waals surface area contributed by atoms with Crippen molar-refractivity contribution in [3.05, 3.63) is 59.7 Å². The Kier molecular flexibility index (Phi) is 6.91. The van der Waals surface area contributed by atoms with Crippen molar-refractivity contribution in [2.45, 2.75) is 11.3 Å². The average Bonchev–Trinajstić information content (AvgIpc) is 2.65. The van der Waals surface area contributed by atoms with Gasteiger partial charge in [0.1, 0.15) is 11.3 Å². The molecule has 1 amide bonds. The number of esters is 1. The molecule has 2 aromatic carbocycles. The number of hydrogen-bond acceptors (Lipinski definition) is 6. The van der Waals surface area contributed by atoms with Crippen LogP contribution in [0.5, 0.6) is 5.75 Å². The first-order valence-electron chi connectivity index (χ1n) is 8.00. The Hall–Kier alpha value is -2.91. The molecule has 0 unspecified atom stereocenters. The lowest BCUT2D eigenvalue weighted by Gasteiger charge is -2.10. The molecule has 0 aliphatic carbocycles. The summed E-state index contributed by atoms with van der Waals surface area (Å²) in [5.74, 6) is -1.26. The predicted octanol–water partition coefficient (Wildman–Crippen LogP) is 0.858. The summed E-state index contributed by atoms with van der Waals surface area (Å²) in [6, 6.07) is 13.1. The number of amides is 1. The quantitative estimate of drug-likeness (QED) is 0.642. The minimum absolute atomic E-state index is 0.108. The van der Waals surface area contributed by atoms with E-state index >= 15 is 0 Å². The monoisotopic (exact) mass is 392 g/mol. The largest absolute Gasteiger partial charge is 0.496 e. The SMILES string of the molecule is COc1ccc(S(N)(=O)=O)cc1C(=O)OCC(=O)NCCc1ccccc1. The molecule has 0 aliphatic rings. The van der Waals surface area contributed by atoms with Crippen LogP contribution in [-0.2, 0) is 26.0 Å². The molecule has 0 aromatic heterocycles. The molecule has 27 heavy (non-hydrogen) atoms. The molecule has 0 radical (unpaired) electrons. The first kappa shape index (κ1) is 20.4. The number of hydrogen-bond donors (Lipinski definition) is 2. The third kappa shape index (κ3) is 6.08. The summed E-state index contributed by atoms with van der Waals surface area (Å²) < 4.78 is 32.8. The molecule has 0 atom stereocenters. The zero-order valence-electron chi connectivity index (χ0n) is 14.7. The normalized spacial score (nSPS) is 10.9. The number of benzene rings is 2. The van der Waals surface area contributed by atoms with E-state index in [9.17, 15) is 18.0 Å². The maximum absolute atomic E-state index is 12.2. The summed E-state index contributed by atoms with van der Waals surface area (Å²) in [6.45, 7) is -0.110. The van der Waals surface area contributed by atoms with Gasteiger partial charge in [-0.3, -0.25) is 4.79 Å². The van der Waals surface area contributed by atoms with Gasteiger partial charge < -0.3 is 14.8 Å². The predicted molar refractivity (Wildman–Crippen MR) is 97.8 cm³/mol. The van der Waals surface area contributed by atoms with E-state index in [0.29, 0.717) is 13.0 Å². The highest BCUT2D eigenvalue weighted by Gasteiger charge is 2.19. The van der Waals surface area contributed by atoms with Crippen LogP contribution in [-0.4, -0.2) is 40.6 Å². The Morgan fingerprint density at radius 3 is 2.44 bits per heavy atom. The summed E-state index contributed by atoms with van der Waals surface area (Å²) in [5, 5.41) is 7.70. The number of nitrogens with one attached hydrogen (secondary N) is 1. The molecule has 0 saturated heterocycles. The number of rotatable bonds is 8. The van der Waals surface area contributed by atoms with Gasteiger partial charge in [0, 0.05) is 6.54 Å². The lowest BCUT2D eigenvalue weighted by molar-refractivity contribution is -0.124. The van der Waals surface area contributed by atoms with Gasteiger partial charge in [0.2, 0.25) is 10.0 Å². The molecule has 8 nitrogen and oxygen atoms in total. The maximum atomic E-state index is 12.2. The second kappa shape index (κ2) is 9.15. The van der Waals surface area contributed by atoms with Crippen LogP contribution in [0.3, 0.4) is 0 Å². The fourth-order valence-electron chi connectivity index (χ4n) is 2.27. The van der Waals surface area contributed by atoms with Gasteiger partial charge in [-0.05, 0) is 30.2 Å². The molecule has 9 heteroatoms. The number of sulfonamides is 1. The van der Waals surface area contributed by atoms with Crippen LogP contribution in [0.15, 0.2) is 53.4 Å². The van der Waals surface area contributed by atoms with Gasteiger partial charge in [0.25, 0.3) is 5.91 Å². The smallest absolute Gasteiger partial charge is 0.342 e. The number of ether oxygens (including phenoxy) is 2. The summed E-state index contributed by atoms with van der Waals surface area (Å²) >= 11 is 0. The van der Waals surface area contributed by atoms with Gasteiger partial charge in [-0.15, -0.1) is 0 Å². The second-order valence-electron chi connectivity index (χ2n) is 5.57. The molecule has 2 rings (SSSR count). The van der Waals surface area contributed by atoms with Gasteiger partial charge in [-0.2, -0.15) is 0 Å². The van der Waals surface area contributed by atoms with E-state index in [2.05, 4.69) is 5.32 Å². The summed E-state index contributed by atoms with van der Waals surface area (Å²) in [4.78, 5) is 23.7. The van der Waals surface area contributed by atoms with Gasteiger partial charge >= 0.3 is 5.97 Å². The minimum atomic E-state index is -4.00. The van der Waals surface area contributed by atoms with Crippen molar-refractivity contribution in [2.24, 2.45) is 5.14 Å². The molecule has 0 aliphatic heterocycles. The van der Waals surface area contributed by atoms with Gasteiger partial charge in [-0.25, -0.2) is 18.4 Å². The molecule has 3 N–H and O–H groups in total. The van der Waals surface area contributed by atoms with Gasteiger partial charge in [0.15, 0.2) is 6.61 Å². The Morgan fingerprint density at radius 1 is 1.11 bits per heavy atom. The van der Waals surface area contributed by atoms with Crippen LogP contribution in [0.2, 0.25) is 0 Å². The summed E-state index contributed by atoms with van der Waals surface area (Å²) in [6.07, 6.45) is 0.644. The molecular weight excluding hydrogens is 372 g/mol. The topological polar surface area (TPSA) is 125 Å². The van der Waals surface area contributed by atoms with Gasteiger partial charge in [0.05, 0.1) is 12.0 Å². The zero-order chi connectivity index (χ0) is 19.9. The Labute approximate surface area is 157 Å². The standard InChI is InChI=1S/C18H20N2O6S/c1-25-16-8-7-14(27(19,23)24)11-15(16)18(22)26-12-17(21)20-10-9-13-5-3-2-4-6-13/h2-8,11H,9-10,12H2,1H3,(H,20,21)(H2,19,23,24). The summed E-state index contributed by atoms with van der Waals surface area (Å²) in [5.41, 5.74) is 0.931. The molecule has 2 aromatic rings. The van der Waals surface area contributed by atoms with Crippen LogP contribution in [0, 0.1) is 0 Å². The number of nitrogens with two attached hydrogens (primary N) is 1. The highest BCUT2D eigenvalue weighted by atomic mass is 32.2. The Bertz CT molecular complexity index is 913. The van der Waals surface area contributed by atoms with Crippen LogP contribution in [0.1, 0.15) is 15.9 Å². The van der Waals surface area contributed by atoms with Crippen LogP contribution < -0.4 is 15.2 Å². The van der Waals surface area contributed by atoms with Crippen molar-refractivity contribution < 1.29 is 27.5 Å². The lowest BCUT2D eigenvalue weighted by Crippen LogP contribution is -2.30. The molecule has 0 heterocycles. The zero-order valence-corrected chi connectivity index (χ0v) is 15.5. The van der Waals surface area contributed by atoms with Crippen molar-refractivity contribution >= 4 is 21.9 Å². The fraction of sp³-hybridized carbons (Fsp3) is 0.222. The number of carbonyl (C=O) groups is 2. The highest BCUT2D eigenvalue weighted by molar-refractivity contribution is 7.89. The van der Waals surface area contributed by atoms with E-state index in [4.69, 9.17) is 14.6 Å². The van der Waals surface area contributed by atoms with Gasteiger partial charge in [-0.1, -0.05) is 30.3 Å². The van der Waals surface area contributed by atoms with E-state index in [0.717, 1.165) is 11.6 Å². The second-order valence-corrected chi connectivity index (χ2v) is 7.13. The number of methoxy groups -OCH3 is 1. The molecule has 0 saturated carbocycles. The molecule has 0 fully saturated rings.